The number of esters is 1. The molecule has 7 nitrogen and oxygen atoms in total. The number of nitrogens with zero attached hydrogens (tertiary/aromatic N) is 1. The second-order valence-corrected chi connectivity index (χ2v) is 4.08. The van der Waals surface area contributed by atoms with Crippen LogP contribution in [0, 0.1) is 0 Å². The van der Waals surface area contributed by atoms with Gasteiger partial charge in [-0.15, -0.1) is 0 Å². The molecule has 0 atom stereocenters. The molecule has 0 aliphatic carbocycles. The Labute approximate surface area is 129 Å². The summed E-state index contributed by atoms with van der Waals surface area (Å²) in [5, 5.41) is 2.22. The van der Waals surface area contributed by atoms with E-state index >= 15 is 0 Å². The van der Waals surface area contributed by atoms with Crippen molar-refractivity contribution in [3.05, 3.63) is 18.0 Å². The first kappa shape index (κ1) is 18.5. The number of hydrogen-bond donors (Lipinski definition) is 1. The lowest BCUT2D eigenvalue weighted by molar-refractivity contribution is -0.153. The molecule has 0 spiro atoms. The van der Waals surface area contributed by atoms with Crippen LogP contribution in [0.4, 0.5) is 13.2 Å². The molecule has 1 heterocycles. The largest absolute Gasteiger partial charge is 0.491 e. The van der Waals surface area contributed by atoms with Gasteiger partial charge in [-0.3, -0.25) is 9.59 Å². The lowest BCUT2D eigenvalue weighted by atomic mass is 10.3. The zero-order valence-corrected chi connectivity index (χ0v) is 12.4. The van der Waals surface area contributed by atoms with Crippen molar-refractivity contribution in [1.29, 1.82) is 0 Å². The van der Waals surface area contributed by atoms with Crippen molar-refractivity contribution in [1.82, 2.24) is 10.3 Å². The first-order valence-electron chi connectivity index (χ1n) is 6.44. The second-order valence-electron chi connectivity index (χ2n) is 4.08. The summed E-state index contributed by atoms with van der Waals surface area (Å²) in [7, 11) is 1.15. The minimum Gasteiger partial charge on any atom is -0.491 e. The molecule has 23 heavy (non-hydrogen) atoms. The molecule has 0 aromatic carbocycles. The van der Waals surface area contributed by atoms with Gasteiger partial charge in [0.2, 0.25) is 0 Å². The average molecular weight is 336 g/mol. The van der Waals surface area contributed by atoms with Gasteiger partial charge in [0.05, 0.1) is 13.7 Å². The molecule has 0 saturated heterocycles. The number of amides is 1. The normalized spacial score (nSPS) is 10.8. The standard InChI is InChI=1S/C13H15F3N2O5/c1-3-22-9(19)6-18-12(20)10-11(21-2)8(4-5-17-10)23-7-13(14,15)16/h4-5H,3,6-7H2,1-2H3,(H,18,20). The van der Waals surface area contributed by atoms with Crippen LogP contribution < -0.4 is 14.8 Å². The van der Waals surface area contributed by atoms with E-state index in [-0.39, 0.29) is 23.8 Å². The highest BCUT2D eigenvalue weighted by Crippen LogP contribution is 2.30. The summed E-state index contributed by atoms with van der Waals surface area (Å²) in [5.41, 5.74) is -0.309. The fraction of sp³-hybridized carbons (Fsp3) is 0.462. The van der Waals surface area contributed by atoms with Gasteiger partial charge in [0.25, 0.3) is 5.91 Å². The van der Waals surface area contributed by atoms with E-state index in [2.05, 4.69) is 19.8 Å². The highest BCUT2D eigenvalue weighted by atomic mass is 19.4. The zero-order chi connectivity index (χ0) is 17.5. The van der Waals surface area contributed by atoms with Crippen LogP contribution in [0.25, 0.3) is 0 Å². The van der Waals surface area contributed by atoms with Crippen molar-refractivity contribution >= 4 is 11.9 Å². The van der Waals surface area contributed by atoms with E-state index in [1.54, 1.807) is 6.92 Å². The Hall–Kier alpha value is -2.52. The van der Waals surface area contributed by atoms with E-state index in [4.69, 9.17) is 4.74 Å². The van der Waals surface area contributed by atoms with Crippen LogP contribution in [0.1, 0.15) is 17.4 Å². The number of ether oxygens (including phenoxy) is 3. The summed E-state index contributed by atoms with van der Waals surface area (Å²) in [6, 6.07) is 1.13. The maximum atomic E-state index is 12.2. The molecule has 0 fully saturated rings. The van der Waals surface area contributed by atoms with Crippen LogP contribution in [0.2, 0.25) is 0 Å². The molecule has 0 saturated carbocycles. The van der Waals surface area contributed by atoms with Crippen molar-refractivity contribution in [3.8, 4) is 11.5 Å². The van der Waals surface area contributed by atoms with E-state index in [1.807, 2.05) is 0 Å². The van der Waals surface area contributed by atoms with Gasteiger partial charge in [-0.05, 0) is 6.92 Å². The first-order valence-corrected chi connectivity index (χ1v) is 6.44. The van der Waals surface area contributed by atoms with Gasteiger partial charge in [-0.2, -0.15) is 13.2 Å². The van der Waals surface area contributed by atoms with Crippen LogP contribution in [0.3, 0.4) is 0 Å². The topological polar surface area (TPSA) is 86.8 Å². The Bertz CT molecular complexity index is 563. The van der Waals surface area contributed by atoms with E-state index in [0.29, 0.717) is 0 Å². The molecule has 0 bridgehead atoms. The molecule has 0 aliphatic heterocycles. The molecule has 0 aliphatic rings. The van der Waals surface area contributed by atoms with Gasteiger partial charge in [-0.1, -0.05) is 0 Å². The van der Waals surface area contributed by atoms with Crippen LogP contribution in [0.15, 0.2) is 12.3 Å². The molecule has 1 aromatic heterocycles. The quantitative estimate of drug-likeness (QED) is 0.756. The highest BCUT2D eigenvalue weighted by molar-refractivity contribution is 5.97. The Kier molecular flexibility index (Phi) is 6.61. The number of alkyl halides is 3. The van der Waals surface area contributed by atoms with Crippen molar-refractivity contribution in [2.75, 3.05) is 26.9 Å². The van der Waals surface area contributed by atoms with Crippen LogP contribution in [-0.4, -0.2) is 49.9 Å². The zero-order valence-electron chi connectivity index (χ0n) is 12.4. The van der Waals surface area contributed by atoms with Crippen LogP contribution >= 0.6 is 0 Å². The second kappa shape index (κ2) is 8.20. The lowest BCUT2D eigenvalue weighted by Gasteiger charge is -2.14. The van der Waals surface area contributed by atoms with Gasteiger partial charge in [0, 0.05) is 12.3 Å². The SMILES string of the molecule is CCOC(=O)CNC(=O)c1nccc(OCC(F)(F)F)c1OC. The summed E-state index contributed by atoms with van der Waals surface area (Å²) in [5.74, 6) is -2.03. The molecule has 0 radical (unpaired) electrons. The average Bonchev–Trinajstić information content (AvgIpc) is 2.49. The number of halogens is 3. The summed E-state index contributed by atoms with van der Waals surface area (Å²) < 4.78 is 50.7. The van der Waals surface area contributed by atoms with Gasteiger partial charge in [-0.25, -0.2) is 4.98 Å². The predicted octanol–water partition coefficient (Wildman–Crippen LogP) is 1.32. The highest BCUT2D eigenvalue weighted by Gasteiger charge is 2.30. The first-order chi connectivity index (χ1) is 10.8. The third-order valence-corrected chi connectivity index (χ3v) is 2.38. The molecule has 128 valence electrons. The summed E-state index contributed by atoms with van der Waals surface area (Å²) in [4.78, 5) is 26.9. The molecule has 0 unspecified atom stereocenters. The number of nitrogens with one attached hydrogen (secondary N) is 1. The Balaban J connectivity index is 2.85. The molecule has 1 rings (SSSR count). The van der Waals surface area contributed by atoms with E-state index < -0.39 is 31.2 Å². The van der Waals surface area contributed by atoms with Crippen molar-refractivity contribution in [3.63, 3.8) is 0 Å². The van der Waals surface area contributed by atoms with Crippen molar-refractivity contribution in [2.45, 2.75) is 13.1 Å². The minimum absolute atomic E-state index is 0.150. The van der Waals surface area contributed by atoms with E-state index in [0.717, 1.165) is 19.4 Å². The van der Waals surface area contributed by atoms with E-state index in [9.17, 15) is 22.8 Å². The van der Waals surface area contributed by atoms with Gasteiger partial charge in [0.15, 0.2) is 23.8 Å². The van der Waals surface area contributed by atoms with Crippen molar-refractivity contribution in [2.24, 2.45) is 0 Å². The molecule has 10 heteroatoms. The summed E-state index contributed by atoms with van der Waals surface area (Å²) >= 11 is 0. The molecule has 1 aromatic rings. The third-order valence-electron chi connectivity index (χ3n) is 2.38. The van der Waals surface area contributed by atoms with E-state index in [1.165, 1.54) is 0 Å². The lowest BCUT2D eigenvalue weighted by Crippen LogP contribution is -2.31. The Morgan fingerprint density at radius 3 is 2.61 bits per heavy atom. The number of aromatic nitrogens is 1. The van der Waals surface area contributed by atoms with Crippen molar-refractivity contribution < 1.29 is 37.0 Å². The number of carbonyl (C=O) groups is 2. The van der Waals surface area contributed by atoms with Gasteiger partial charge >= 0.3 is 12.1 Å². The molecule has 1 N–H and O–H groups in total. The summed E-state index contributed by atoms with van der Waals surface area (Å²) in [6.45, 7) is -0.203. The Morgan fingerprint density at radius 2 is 2.04 bits per heavy atom. The number of methoxy groups -OCH3 is 1. The van der Waals surface area contributed by atoms with Crippen LogP contribution in [-0.2, 0) is 9.53 Å². The number of pyridine rings is 1. The Morgan fingerprint density at radius 1 is 1.35 bits per heavy atom. The molecular weight excluding hydrogens is 321 g/mol. The van der Waals surface area contributed by atoms with Crippen LogP contribution in [0.5, 0.6) is 11.5 Å². The maximum Gasteiger partial charge on any atom is 0.422 e. The smallest absolute Gasteiger partial charge is 0.422 e. The number of carbonyl (C=O) groups excluding carboxylic acids is 2. The fourth-order valence-corrected chi connectivity index (χ4v) is 1.51. The predicted molar refractivity (Wildman–Crippen MR) is 71.3 cm³/mol. The number of hydrogen-bond acceptors (Lipinski definition) is 6. The maximum absolute atomic E-state index is 12.2. The number of rotatable bonds is 7. The van der Waals surface area contributed by atoms with Gasteiger partial charge in [0.1, 0.15) is 6.54 Å². The van der Waals surface area contributed by atoms with Gasteiger partial charge < -0.3 is 19.5 Å². The molecular formula is C13H15F3N2O5. The molecule has 1 amide bonds. The minimum atomic E-state index is -4.54. The fourth-order valence-electron chi connectivity index (χ4n) is 1.51. The summed E-state index contributed by atoms with van der Waals surface area (Å²) in [6.07, 6.45) is -3.45. The monoisotopic (exact) mass is 336 g/mol. The third kappa shape index (κ3) is 6.01.